The first-order valence-electron chi connectivity index (χ1n) is 9.98. The standard InChI is InChI=1S/C12H22.C5H10.C4H10.C2H6.C2H4/c1-7-10(2)11(3)8-9-12(4,5)6;1-4-5(2)3;1-3-4-2;2*1-2/h7H,1,8-9H2,2-6H3;2,4H2,1,3H3;3-4H2,1-2H3;1-2H3;1-2H2/b11-10-;;;;. The molecule has 0 amide bonds. The van der Waals surface area contributed by atoms with Gasteiger partial charge in [-0.1, -0.05) is 97.6 Å². The number of hydrogen-bond donors (Lipinski definition) is 0. The van der Waals surface area contributed by atoms with Crippen molar-refractivity contribution in [1.82, 2.24) is 0 Å². The summed E-state index contributed by atoms with van der Waals surface area (Å²) in [6, 6.07) is 0. The van der Waals surface area contributed by atoms with Crippen LogP contribution in [0.1, 0.15) is 108 Å². The van der Waals surface area contributed by atoms with Gasteiger partial charge in [0.15, 0.2) is 0 Å². The van der Waals surface area contributed by atoms with Gasteiger partial charge < -0.3 is 0 Å². The third-order valence-electron chi connectivity index (χ3n) is 3.33. The van der Waals surface area contributed by atoms with Gasteiger partial charge >= 0.3 is 0 Å². The van der Waals surface area contributed by atoms with Gasteiger partial charge in [-0.2, -0.15) is 0 Å². The Labute approximate surface area is 163 Å². The minimum atomic E-state index is 0.447. The summed E-state index contributed by atoms with van der Waals surface area (Å²) in [5.74, 6) is 0. The van der Waals surface area contributed by atoms with E-state index in [-0.39, 0.29) is 0 Å². The lowest BCUT2D eigenvalue weighted by atomic mass is 9.88. The van der Waals surface area contributed by atoms with Gasteiger partial charge in [0, 0.05) is 0 Å². The van der Waals surface area contributed by atoms with Crippen LogP contribution >= 0.6 is 0 Å². The highest BCUT2D eigenvalue weighted by Crippen LogP contribution is 2.24. The molecule has 152 valence electrons. The van der Waals surface area contributed by atoms with Crippen LogP contribution < -0.4 is 0 Å². The molecule has 0 heterocycles. The minimum absolute atomic E-state index is 0.447. The van der Waals surface area contributed by atoms with E-state index in [0.29, 0.717) is 5.41 Å². The van der Waals surface area contributed by atoms with Crippen LogP contribution in [0.5, 0.6) is 0 Å². The van der Waals surface area contributed by atoms with E-state index in [4.69, 9.17) is 0 Å². The SMILES string of the molecule is C=C.C=C(C)CC.C=C/C(C)=C(/C)CCC(C)(C)C.CC.CCCC. The summed E-state index contributed by atoms with van der Waals surface area (Å²) in [6.45, 7) is 37.1. The second-order valence-corrected chi connectivity index (χ2v) is 7.04. The molecule has 0 N–H and O–H groups in total. The van der Waals surface area contributed by atoms with Crippen LogP contribution in [0, 0.1) is 5.41 Å². The Balaban J connectivity index is -0.0000000851. The van der Waals surface area contributed by atoms with Gasteiger partial charge in [-0.25, -0.2) is 0 Å². The number of allylic oxidation sites excluding steroid dienone is 4. The number of hydrogen-bond acceptors (Lipinski definition) is 0. The summed E-state index contributed by atoms with van der Waals surface area (Å²) in [7, 11) is 0. The minimum Gasteiger partial charge on any atom is -0.106 e. The Morgan fingerprint density at radius 3 is 1.36 bits per heavy atom. The highest BCUT2D eigenvalue weighted by atomic mass is 14.2. The molecular formula is C25H52. The molecule has 0 rings (SSSR count). The van der Waals surface area contributed by atoms with Gasteiger partial charge in [0.05, 0.1) is 0 Å². The summed E-state index contributed by atoms with van der Waals surface area (Å²) in [4.78, 5) is 0. The van der Waals surface area contributed by atoms with Crippen molar-refractivity contribution in [3.63, 3.8) is 0 Å². The zero-order valence-electron chi connectivity index (χ0n) is 19.9. The first-order valence-corrected chi connectivity index (χ1v) is 9.98. The van der Waals surface area contributed by atoms with Crippen molar-refractivity contribution >= 4 is 0 Å². The van der Waals surface area contributed by atoms with E-state index in [2.05, 4.69) is 81.7 Å². The van der Waals surface area contributed by atoms with E-state index in [9.17, 15) is 0 Å². The van der Waals surface area contributed by atoms with Crippen molar-refractivity contribution < 1.29 is 0 Å². The molecule has 0 saturated carbocycles. The molecule has 0 aliphatic heterocycles. The smallest absolute Gasteiger partial charge is 0.0312 e. The number of rotatable bonds is 5. The van der Waals surface area contributed by atoms with Crippen LogP contribution in [0.4, 0.5) is 0 Å². The van der Waals surface area contributed by atoms with Crippen LogP contribution in [-0.2, 0) is 0 Å². The molecule has 0 aliphatic carbocycles. The summed E-state index contributed by atoms with van der Waals surface area (Å²) in [5, 5.41) is 0. The van der Waals surface area contributed by atoms with E-state index in [1.807, 2.05) is 26.8 Å². The quantitative estimate of drug-likeness (QED) is 0.341. The molecule has 25 heavy (non-hydrogen) atoms. The van der Waals surface area contributed by atoms with Gasteiger partial charge in [-0.15, -0.1) is 19.7 Å². The number of unbranched alkanes of at least 4 members (excludes halogenated alkanes) is 1. The van der Waals surface area contributed by atoms with Crippen molar-refractivity contribution in [2.24, 2.45) is 5.41 Å². The summed E-state index contributed by atoms with van der Waals surface area (Å²) in [5.41, 5.74) is 4.51. The Morgan fingerprint density at radius 1 is 0.880 bits per heavy atom. The molecule has 0 radical (unpaired) electrons. The highest BCUT2D eigenvalue weighted by Gasteiger charge is 2.09. The average Bonchev–Trinajstić information content (AvgIpc) is 2.62. The fourth-order valence-electron chi connectivity index (χ4n) is 0.934. The topological polar surface area (TPSA) is 0 Å². The zero-order valence-corrected chi connectivity index (χ0v) is 19.9. The molecule has 0 saturated heterocycles. The Kier molecular flexibility index (Phi) is 39.1. The summed E-state index contributed by atoms with van der Waals surface area (Å²) < 4.78 is 0. The van der Waals surface area contributed by atoms with Crippen LogP contribution in [0.2, 0.25) is 0 Å². The van der Waals surface area contributed by atoms with Gasteiger partial charge in [0.2, 0.25) is 0 Å². The van der Waals surface area contributed by atoms with E-state index >= 15 is 0 Å². The maximum Gasteiger partial charge on any atom is -0.0312 e. The summed E-state index contributed by atoms with van der Waals surface area (Å²) in [6.07, 6.45) is 8.14. The first kappa shape index (κ1) is 35.1. The monoisotopic (exact) mass is 352 g/mol. The second kappa shape index (κ2) is 27.8. The lowest BCUT2D eigenvalue weighted by Crippen LogP contribution is -2.04. The van der Waals surface area contributed by atoms with Crippen molar-refractivity contribution in [2.75, 3.05) is 0 Å². The molecule has 0 fully saturated rings. The van der Waals surface area contributed by atoms with E-state index in [1.165, 1.54) is 42.4 Å². The average molecular weight is 353 g/mol. The van der Waals surface area contributed by atoms with Crippen molar-refractivity contribution in [1.29, 1.82) is 0 Å². The molecule has 0 aliphatic rings. The highest BCUT2D eigenvalue weighted by molar-refractivity contribution is 5.20. The van der Waals surface area contributed by atoms with Gasteiger partial charge in [-0.05, 0) is 45.4 Å². The molecule has 0 aromatic carbocycles. The molecule has 0 bridgehead atoms. The van der Waals surface area contributed by atoms with Gasteiger partial charge in [0.25, 0.3) is 0 Å². The largest absolute Gasteiger partial charge is 0.106 e. The molecular weight excluding hydrogens is 300 g/mol. The van der Waals surface area contributed by atoms with Crippen molar-refractivity contribution in [2.45, 2.75) is 108 Å². The van der Waals surface area contributed by atoms with E-state index in [1.54, 1.807) is 0 Å². The normalized spacial score (nSPS) is 9.88. The molecule has 0 heteroatoms. The van der Waals surface area contributed by atoms with E-state index in [0.717, 1.165) is 6.42 Å². The van der Waals surface area contributed by atoms with Crippen molar-refractivity contribution in [3.05, 3.63) is 49.1 Å². The second-order valence-electron chi connectivity index (χ2n) is 7.04. The maximum atomic E-state index is 3.77. The van der Waals surface area contributed by atoms with Crippen LogP contribution in [-0.4, -0.2) is 0 Å². The van der Waals surface area contributed by atoms with Crippen molar-refractivity contribution in [3.8, 4) is 0 Å². The first-order chi connectivity index (χ1) is 11.5. The maximum absolute atomic E-state index is 3.77. The van der Waals surface area contributed by atoms with Gasteiger partial charge in [-0.3, -0.25) is 0 Å². The molecule has 0 nitrogen and oxygen atoms in total. The van der Waals surface area contributed by atoms with Crippen LogP contribution in [0.15, 0.2) is 49.1 Å². The van der Waals surface area contributed by atoms with Crippen LogP contribution in [0.3, 0.4) is 0 Å². The summed E-state index contributed by atoms with van der Waals surface area (Å²) >= 11 is 0. The third-order valence-corrected chi connectivity index (χ3v) is 3.33. The zero-order chi connectivity index (χ0) is 21.5. The third kappa shape index (κ3) is 51.8. The lowest BCUT2D eigenvalue weighted by Gasteiger charge is -2.18. The molecule has 0 aromatic rings. The van der Waals surface area contributed by atoms with Gasteiger partial charge in [0.1, 0.15) is 0 Å². The lowest BCUT2D eigenvalue weighted by molar-refractivity contribution is 0.377. The van der Waals surface area contributed by atoms with E-state index < -0.39 is 0 Å². The molecule has 0 atom stereocenters. The predicted octanol–water partition coefficient (Wildman–Crippen LogP) is 9.94. The fourth-order valence-corrected chi connectivity index (χ4v) is 0.934. The Hall–Kier alpha value is -1.04. The fraction of sp³-hybridized carbons (Fsp3) is 0.680. The molecule has 0 spiro atoms. The Morgan fingerprint density at radius 2 is 1.20 bits per heavy atom. The molecule has 0 aromatic heterocycles. The Bertz CT molecular complexity index is 294. The predicted molar refractivity (Wildman–Crippen MR) is 126 cm³/mol. The van der Waals surface area contributed by atoms with Crippen LogP contribution in [0.25, 0.3) is 0 Å². The molecule has 0 unspecified atom stereocenters.